The predicted molar refractivity (Wildman–Crippen MR) is 143 cm³/mol. The minimum Gasteiger partial charge on any atom is -0.497 e. The molecule has 0 fully saturated rings. The zero-order valence-electron chi connectivity index (χ0n) is 19.0. The Kier molecular flexibility index (Phi) is 6.71. The molecule has 1 amide bonds. The molecule has 1 N–H and O–H groups in total. The van der Waals surface area contributed by atoms with E-state index >= 15 is 0 Å². The van der Waals surface area contributed by atoms with Gasteiger partial charge in [0.2, 0.25) is 0 Å². The number of amides is 1. The van der Waals surface area contributed by atoms with Gasteiger partial charge in [-0.2, -0.15) is 0 Å². The molecule has 5 nitrogen and oxygen atoms in total. The molecule has 9 heteroatoms. The summed E-state index contributed by atoms with van der Waals surface area (Å²) in [5.74, 6) is -0.167. The highest BCUT2D eigenvalue weighted by atomic mass is 35.5. The first-order chi connectivity index (χ1) is 17.3. The van der Waals surface area contributed by atoms with E-state index < -0.39 is 5.82 Å². The second-order valence-electron chi connectivity index (χ2n) is 8.22. The summed E-state index contributed by atoms with van der Waals surface area (Å²) in [6.07, 6.45) is 0. The molecule has 0 saturated heterocycles. The van der Waals surface area contributed by atoms with Crippen LogP contribution in [0.5, 0.6) is 5.75 Å². The van der Waals surface area contributed by atoms with Gasteiger partial charge in [-0.05, 0) is 53.4 Å². The van der Waals surface area contributed by atoms with Crippen molar-refractivity contribution in [3.8, 4) is 5.75 Å². The van der Waals surface area contributed by atoms with Crippen LogP contribution in [0.1, 0.15) is 20.8 Å². The highest BCUT2D eigenvalue weighted by molar-refractivity contribution is 7.21. The Balaban J connectivity index is 1.57. The number of nitrogens with zero attached hydrogens (tertiary/aromatic N) is 1. The van der Waals surface area contributed by atoms with Crippen LogP contribution in [0, 0.1) is 5.82 Å². The maximum atomic E-state index is 13.8. The van der Waals surface area contributed by atoms with E-state index in [1.807, 2.05) is 18.2 Å². The van der Waals surface area contributed by atoms with Crippen LogP contribution in [0.4, 0.5) is 4.39 Å². The van der Waals surface area contributed by atoms with Crippen molar-refractivity contribution in [3.05, 3.63) is 109 Å². The number of benzene rings is 3. The molecule has 2 aromatic heterocycles. The fraction of sp³-hybridized carbons (Fsp3) is 0.111. The normalized spacial score (nSPS) is 11.2. The van der Waals surface area contributed by atoms with E-state index in [9.17, 15) is 14.0 Å². The first-order valence-electron chi connectivity index (χ1n) is 10.9. The number of pyridine rings is 1. The van der Waals surface area contributed by atoms with E-state index in [4.69, 9.17) is 27.9 Å². The zero-order valence-corrected chi connectivity index (χ0v) is 21.3. The summed E-state index contributed by atoms with van der Waals surface area (Å²) in [5.41, 5.74) is 1.42. The van der Waals surface area contributed by atoms with E-state index in [0.29, 0.717) is 31.9 Å². The third-order valence-electron chi connectivity index (χ3n) is 5.88. The van der Waals surface area contributed by atoms with Crippen molar-refractivity contribution >= 4 is 61.4 Å². The molecule has 5 rings (SSSR count). The lowest BCUT2D eigenvalue weighted by atomic mass is 10.1. The van der Waals surface area contributed by atoms with Crippen LogP contribution in [-0.2, 0) is 13.1 Å². The molecule has 0 aliphatic rings. The molecule has 3 aromatic carbocycles. The van der Waals surface area contributed by atoms with Crippen molar-refractivity contribution in [2.45, 2.75) is 13.1 Å². The number of carbonyl (C=O) groups excluding carboxylic acids is 1. The molecular weight excluding hydrogens is 522 g/mol. The van der Waals surface area contributed by atoms with Gasteiger partial charge in [-0.15, -0.1) is 11.3 Å². The Morgan fingerprint density at radius 2 is 1.81 bits per heavy atom. The lowest BCUT2D eigenvalue weighted by Gasteiger charge is -2.23. The van der Waals surface area contributed by atoms with E-state index in [0.717, 1.165) is 22.3 Å². The molecule has 182 valence electrons. The summed E-state index contributed by atoms with van der Waals surface area (Å²) >= 11 is 14.1. The standard InChI is InChI=1S/C27H19Cl2FN2O3S/c1-35-19-8-6-15-10-17(26(33)31-22(15)12-19)14-32(13-16-4-2-3-5-21(16)28)27(34)25-24(29)20-9-7-18(30)11-23(20)36-25/h2-12H,13-14H2,1H3,(H,31,33). The van der Waals surface area contributed by atoms with Crippen molar-refractivity contribution < 1.29 is 13.9 Å². The molecule has 5 aromatic rings. The summed E-state index contributed by atoms with van der Waals surface area (Å²) in [5, 5.41) is 2.15. The number of carbonyl (C=O) groups is 1. The first kappa shape index (κ1) is 24.3. The van der Waals surface area contributed by atoms with Crippen LogP contribution < -0.4 is 10.3 Å². The number of halogens is 3. The van der Waals surface area contributed by atoms with E-state index in [1.54, 1.807) is 43.5 Å². The summed E-state index contributed by atoms with van der Waals surface area (Å²) < 4.78 is 19.6. The van der Waals surface area contributed by atoms with Crippen molar-refractivity contribution in [3.63, 3.8) is 0 Å². The van der Waals surface area contributed by atoms with E-state index in [-0.39, 0.29) is 34.5 Å². The Hall–Kier alpha value is -3.39. The second-order valence-corrected chi connectivity index (χ2v) is 10.1. The number of ether oxygens (including phenoxy) is 1. The van der Waals surface area contributed by atoms with E-state index in [1.165, 1.54) is 17.0 Å². The number of methoxy groups -OCH3 is 1. The summed E-state index contributed by atoms with van der Waals surface area (Å²) in [4.78, 5) is 31.4. The monoisotopic (exact) mass is 540 g/mol. The molecule has 0 atom stereocenters. The smallest absolute Gasteiger partial charge is 0.266 e. The number of hydrogen-bond acceptors (Lipinski definition) is 4. The fourth-order valence-electron chi connectivity index (χ4n) is 4.03. The molecule has 36 heavy (non-hydrogen) atoms. The Bertz CT molecular complexity index is 1680. The molecule has 0 radical (unpaired) electrons. The number of aromatic nitrogens is 1. The lowest BCUT2D eigenvalue weighted by Crippen LogP contribution is -2.32. The van der Waals surface area contributed by atoms with Gasteiger partial charge in [0.15, 0.2) is 0 Å². The van der Waals surface area contributed by atoms with Crippen molar-refractivity contribution in [2.24, 2.45) is 0 Å². The summed E-state index contributed by atoms with van der Waals surface area (Å²) in [7, 11) is 1.55. The van der Waals surface area contributed by atoms with Crippen LogP contribution in [0.25, 0.3) is 21.0 Å². The van der Waals surface area contributed by atoms with Gasteiger partial charge in [0.25, 0.3) is 11.5 Å². The third kappa shape index (κ3) is 4.69. The van der Waals surface area contributed by atoms with Crippen LogP contribution in [0.15, 0.2) is 71.5 Å². The van der Waals surface area contributed by atoms with Crippen LogP contribution in [-0.4, -0.2) is 22.9 Å². The SMILES string of the molecule is COc1ccc2cc(CN(Cc3ccccc3Cl)C(=O)c3sc4cc(F)ccc4c3Cl)c(=O)[nH]c2c1. The average Bonchev–Trinajstić information content (AvgIpc) is 3.19. The molecule has 0 saturated carbocycles. The van der Waals surface area contributed by atoms with Crippen molar-refractivity contribution in [1.82, 2.24) is 9.88 Å². The molecule has 0 aliphatic carbocycles. The number of rotatable bonds is 6. The Labute approximate surface area is 219 Å². The molecular formula is C27H19Cl2FN2O3S. The minimum atomic E-state index is -0.410. The Morgan fingerprint density at radius 1 is 1.03 bits per heavy atom. The third-order valence-corrected chi connectivity index (χ3v) is 7.90. The number of thiophene rings is 1. The molecule has 2 heterocycles. The van der Waals surface area contributed by atoms with Crippen molar-refractivity contribution in [1.29, 1.82) is 0 Å². The predicted octanol–water partition coefficient (Wildman–Crippen LogP) is 7.04. The maximum Gasteiger partial charge on any atom is 0.266 e. The quantitative estimate of drug-likeness (QED) is 0.251. The minimum absolute atomic E-state index is 0.0142. The summed E-state index contributed by atoms with van der Waals surface area (Å²) in [6.45, 7) is 0.165. The van der Waals surface area contributed by atoms with Gasteiger partial charge in [0.05, 0.1) is 24.2 Å². The zero-order chi connectivity index (χ0) is 25.4. The molecule has 0 unspecified atom stereocenters. The highest BCUT2D eigenvalue weighted by Crippen LogP contribution is 2.37. The highest BCUT2D eigenvalue weighted by Gasteiger charge is 2.25. The topological polar surface area (TPSA) is 62.4 Å². The number of aromatic amines is 1. The fourth-order valence-corrected chi connectivity index (χ4v) is 5.73. The van der Waals surface area contributed by atoms with Gasteiger partial charge in [-0.3, -0.25) is 9.59 Å². The largest absolute Gasteiger partial charge is 0.497 e. The van der Waals surface area contributed by atoms with Gasteiger partial charge in [-0.25, -0.2) is 4.39 Å². The van der Waals surface area contributed by atoms with Gasteiger partial charge in [0.1, 0.15) is 16.4 Å². The molecule has 0 bridgehead atoms. The number of fused-ring (bicyclic) bond motifs is 2. The van der Waals surface area contributed by atoms with Gasteiger partial charge in [0, 0.05) is 33.3 Å². The van der Waals surface area contributed by atoms with Gasteiger partial charge >= 0.3 is 0 Å². The Morgan fingerprint density at radius 3 is 2.58 bits per heavy atom. The number of H-pyrrole nitrogens is 1. The number of hydrogen-bond donors (Lipinski definition) is 1. The number of nitrogens with one attached hydrogen (secondary N) is 1. The van der Waals surface area contributed by atoms with Gasteiger partial charge in [-0.1, -0.05) is 41.4 Å². The van der Waals surface area contributed by atoms with Crippen LogP contribution in [0.2, 0.25) is 10.0 Å². The lowest BCUT2D eigenvalue weighted by molar-refractivity contribution is 0.0734. The first-order valence-corrected chi connectivity index (χ1v) is 12.5. The van der Waals surface area contributed by atoms with E-state index in [2.05, 4.69) is 4.98 Å². The maximum absolute atomic E-state index is 13.8. The molecule has 0 spiro atoms. The van der Waals surface area contributed by atoms with Crippen LogP contribution >= 0.6 is 34.5 Å². The van der Waals surface area contributed by atoms with Gasteiger partial charge < -0.3 is 14.6 Å². The summed E-state index contributed by atoms with van der Waals surface area (Å²) in [6, 6.07) is 18.5. The van der Waals surface area contributed by atoms with Crippen LogP contribution in [0.3, 0.4) is 0 Å². The average molecular weight is 541 g/mol. The van der Waals surface area contributed by atoms with Crippen molar-refractivity contribution in [2.75, 3.05) is 7.11 Å². The molecule has 0 aliphatic heterocycles. The second kappa shape index (κ2) is 9.93.